The topological polar surface area (TPSA) is 111 Å². The van der Waals surface area contributed by atoms with Crippen LogP contribution in [0.1, 0.15) is 19.8 Å². The van der Waals surface area contributed by atoms with Crippen LogP contribution in [-0.2, 0) is 49.4 Å². The van der Waals surface area contributed by atoms with E-state index in [0.717, 1.165) is 6.04 Å². The molecule has 0 aromatic heterocycles. The van der Waals surface area contributed by atoms with Gasteiger partial charge in [-0.05, 0) is 176 Å². The maximum Gasteiger partial charge on any atom is 0.314 e. The second-order valence-corrected chi connectivity index (χ2v) is 67.4. The van der Waals surface area contributed by atoms with Crippen molar-refractivity contribution in [1.82, 2.24) is 0 Å². The number of hydrogen-bond acceptors (Lipinski definition) is 12. The zero-order valence-corrected chi connectivity index (χ0v) is 53.8. The van der Waals surface area contributed by atoms with E-state index in [1.165, 1.54) is 12.8 Å². The van der Waals surface area contributed by atoms with Crippen LogP contribution in [0.3, 0.4) is 0 Å². The largest absolute Gasteiger partial charge is 0.440 e. The van der Waals surface area contributed by atoms with Crippen LogP contribution in [0, 0.1) is 0 Å². The first kappa shape index (κ1) is 57.3. The smallest absolute Gasteiger partial charge is 0.314 e. The summed E-state index contributed by atoms with van der Waals surface area (Å²) in [5.41, 5.74) is 0. The fourth-order valence-electron chi connectivity index (χ4n) is 8.04. The number of hydrogen-bond donors (Lipinski definition) is 0. The Hall–Kier alpha value is 2.34. The van der Waals surface area contributed by atoms with Crippen LogP contribution in [0.15, 0.2) is 0 Å². The lowest BCUT2D eigenvalue weighted by Crippen LogP contribution is -2.62. The molecule has 0 fully saturated rings. The van der Waals surface area contributed by atoms with Crippen molar-refractivity contribution in [2.45, 2.75) is 196 Å². The predicted octanol–water partition coefficient (Wildman–Crippen LogP) is 10.9. The van der Waals surface area contributed by atoms with Crippen molar-refractivity contribution < 1.29 is 49.4 Å². The van der Waals surface area contributed by atoms with Crippen molar-refractivity contribution in [1.29, 1.82) is 0 Å². The molecule has 12 nitrogen and oxygen atoms in total. The molecule has 0 bridgehead atoms. The lowest BCUT2D eigenvalue weighted by molar-refractivity contribution is 0.252. The minimum atomic E-state index is -2.73. The van der Waals surface area contributed by atoms with E-state index in [4.69, 9.17) is 49.4 Å². The van der Waals surface area contributed by atoms with Gasteiger partial charge in [0.05, 0.1) is 0 Å². The van der Waals surface area contributed by atoms with E-state index in [0.29, 0.717) is 0 Å². The molecular formula is C30H88O12Si13. The van der Waals surface area contributed by atoms with Crippen LogP contribution in [-0.4, -0.2) is 112 Å². The SMILES string of the molecule is CCCC[Si](C)(C)O[Si](C)(C)O[Si](C)(C)O[Si](C)(C)O[Si](C)(C)O[Si](C)(C)O[Si](C)(C)O[Si](C)(C)O[Si](C)(C)O[Si](C)(C)O[Si](C)(C)O[Si](C)(C)O[SiH](C)C. The van der Waals surface area contributed by atoms with Crippen LogP contribution in [0.25, 0.3) is 0 Å². The molecule has 0 rings (SSSR count). The number of unbranched alkanes of at least 4 members (excludes halogenated alkanes) is 1. The molecule has 332 valence electrons. The van der Waals surface area contributed by atoms with E-state index in [1.54, 1.807) is 0 Å². The normalized spacial score (nSPS) is 15.7. The summed E-state index contributed by atoms with van der Waals surface area (Å²) in [6, 6.07) is 1.14. The van der Waals surface area contributed by atoms with Crippen LogP contribution < -0.4 is 0 Å². The average Bonchev–Trinajstić information content (AvgIpc) is 2.71. The molecule has 55 heavy (non-hydrogen) atoms. The first-order valence-electron chi connectivity index (χ1n) is 20.1. The predicted molar refractivity (Wildman–Crippen MR) is 261 cm³/mol. The van der Waals surface area contributed by atoms with Crippen molar-refractivity contribution in [3.8, 4) is 0 Å². The highest BCUT2D eigenvalue weighted by Gasteiger charge is 2.51. The summed E-state index contributed by atoms with van der Waals surface area (Å²) in [5, 5.41) is 0. The van der Waals surface area contributed by atoms with Crippen LogP contribution in [0.5, 0.6) is 0 Å². The highest BCUT2D eigenvalue weighted by molar-refractivity contribution is 6.94. The highest BCUT2D eigenvalue weighted by atomic mass is 28.5. The first-order chi connectivity index (χ1) is 23.8. The maximum absolute atomic E-state index is 6.84. The first-order valence-corrected chi connectivity index (χ1v) is 57.0. The summed E-state index contributed by atoms with van der Waals surface area (Å²) in [6.45, 7) is 57.1. The molecule has 0 aliphatic carbocycles. The van der Waals surface area contributed by atoms with Crippen molar-refractivity contribution in [2.75, 3.05) is 0 Å². The van der Waals surface area contributed by atoms with Gasteiger partial charge in [0.25, 0.3) is 0 Å². The van der Waals surface area contributed by atoms with Gasteiger partial charge >= 0.3 is 94.2 Å². The standard InChI is InChI=1S/C30H88O12Si13/c1-28-29-30-44(4,5)32-46(8,9)34-48(12,13)36-50(16,17)38-52(20,21)40-54(24,25)42-55(26,27)41-53(22,23)39-51(18,19)37-49(14,15)35-47(10,11)33-45(6,7)31-43(2)3/h43H,28-30H2,1-27H3. The van der Waals surface area contributed by atoms with Crippen LogP contribution in [0.4, 0.5) is 0 Å². The van der Waals surface area contributed by atoms with Gasteiger partial charge in [0.2, 0.25) is 0 Å². The third-order valence-electron chi connectivity index (χ3n) is 7.09. The van der Waals surface area contributed by atoms with E-state index in [2.05, 4.69) is 177 Å². The lowest BCUT2D eigenvalue weighted by Gasteiger charge is -2.45. The molecule has 0 radical (unpaired) electrons. The van der Waals surface area contributed by atoms with E-state index in [-0.39, 0.29) is 0 Å². The van der Waals surface area contributed by atoms with Gasteiger partial charge in [0.15, 0.2) is 17.4 Å². The average molecular weight is 1010 g/mol. The molecule has 0 atom stereocenters. The summed E-state index contributed by atoms with van der Waals surface area (Å²) in [7, 11) is -31.8. The Morgan fingerprint density at radius 1 is 0.291 bits per heavy atom. The van der Waals surface area contributed by atoms with Gasteiger partial charge in [-0.2, -0.15) is 0 Å². The Morgan fingerprint density at radius 3 is 0.655 bits per heavy atom. The minimum absolute atomic E-state index is 1.14. The Labute approximate surface area is 354 Å². The molecule has 0 heterocycles. The molecular weight excluding hydrogens is 917 g/mol. The Bertz CT molecular complexity index is 1200. The molecule has 0 unspecified atom stereocenters. The van der Waals surface area contributed by atoms with Gasteiger partial charge in [-0.1, -0.05) is 19.8 Å². The summed E-state index contributed by atoms with van der Waals surface area (Å²) in [4.78, 5) is 0. The van der Waals surface area contributed by atoms with Crippen LogP contribution in [0.2, 0.25) is 176 Å². The lowest BCUT2D eigenvalue weighted by atomic mass is 10.4. The van der Waals surface area contributed by atoms with Crippen molar-refractivity contribution in [3.05, 3.63) is 0 Å². The molecule has 0 saturated heterocycles. The summed E-state index contributed by atoms with van der Waals surface area (Å²) in [6.07, 6.45) is 2.36. The molecule has 0 N–H and O–H groups in total. The van der Waals surface area contributed by atoms with Gasteiger partial charge in [-0.25, -0.2) is 0 Å². The Kier molecular flexibility index (Phi) is 21.1. The Balaban J connectivity index is 5.59. The Morgan fingerprint density at radius 2 is 0.473 bits per heavy atom. The summed E-state index contributed by atoms with van der Waals surface area (Å²) in [5.74, 6) is 0. The second-order valence-electron chi connectivity index (χ2n) is 20.6. The molecule has 0 aromatic rings. The fourth-order valence-corrected chi connectivity index (χ4v) is 72.9. The van der Waals surface area contributed by atoms with Gasteiger partial charge in [-0.3, -0.25) is 0 Å². The van der Waals surface area contributed by atoms with Crippen molar-refractivity contribution >= 4 is 112 Å². The van der Waals surface area contributed by atoms with E-state index in [9.17, 15) is 0 Å². The quantitative estimate of drug-likeness (QED) is 0.0731. The third kappa shape index (κ3) is 27.1. The van der Waals surface area contributed by atoms with E-state index >= 15 is 0 Å². The minimum Gasteiger partial charge on any atom is -0.440 e. The van der Waals surface area contributed by atoms with Gasteiger partial charge in [-0.15, -0.1) is 0 Å². The van der Waals surface area contributed by atoms with Crippen molar-refractivity contribution in [2.24, 2.45) is 0 Å². The molecule has 0 aliphatic heterocycles. The zero-order valence-electron chi connectivity index (χ0n) is 40.6. The van der Waals surface area contributed by atoms with Gasteiger partial charge < -0.3 is 49.4 Å². The number of rotatable bonds is 27. The molecule has 0 aromatic carbocycles. The molecule has 0 saturated carbocycles. The third-order valence-corrected chi connectivity index (χ3v) is 56.3. The summed E-state index contributed by atoms with van der Waals surface area (Å²) < 4.78 is 80.8. The van der Waals surface area contributed by atoms with E-state index in [1.807, 2.05) is 0 Å². The molecule has 0 amide bonds. The zero-order chi connectivity index (χ0) is 44.2. The van der Waals surface area contributed by atoms with Gasteiger partial charge in [0.1, 0.15) is 0 Å². The van der Waals surface area contributed by atoms with E-state index < -0.39 is 112 Å². The second kappa shape index (κ2) is 20.2. The van der Waals surface area contributed by atoms with Crippen LogP contribution >= 0.6 is 0 Å². The molecule has 25 heteroatoms. The fraction of sp³-hybridized carbons (Fsp3) is 1.00. The maximum atomic E-state index is 6.84. The molecule has 0 aliphatic rings. The monoisotopic (exact) mass is 1000 g/mol. The molecule has 0 spiro atoms. The van der Waals surface area contributed by atoms with Crippen molar-refractivity contribution in [3.63, 3.8) is 0 Å². The summed E-state index contributed by atoms with van der Waals surface area (Å²) >= 11 is 0. The van der Waals surface area contributed by atoms with Gasteiger partial charge in [0, 0.05) is 0 Å². The highest BCUT2D eigenvalue weighted by Crippen LogP contribution is 2.32.